The monoisotopic (exact) mass is 296 g/mol. The summed E-state index contributed by atoms with van der Waals surface area (Å²) in [5, 5.41) is 11.5. The quantitative estimate of drug-likeness (QED) is 0.430. The molecule has 0 aliphatic heterocycles. The zero-order valence-electron chi connectivity index (χ0n) is 11.7. The predicted octanol–water partition coefficient (Wildman–Crippen LogP) is 2.81. The Bertz CT molecular complexity index is 341. The van der Waals surface area contributed by atoms with E-state index >= 15 is 0 Å². The highest BCUT2D eigenvalue weighted by atomic mass is 35.7. The average molecular weight is 297 g/mol. The van der Waals surface area contributed by atoms with Crippen LogP contribution in [0, 0.1) is 11.3 Å². The van der Waals surface area contributed by atoms with Gasteiger partial charge in [0.25, 0.3) is 0 Å². The van der Waals surface area contributed by atoms with Gasteiger partial charge in [0.15, 0.2) is 6.17 Å². The van der Waals surface area contributed by atoms with Crippen molar-refractivity contribution in [1.29, 1.82) is 5.26 Å². The van der Waals surface area contributed by atoms with Crippen LogP contribution in [0.4, 0.5) is 0 Å². The fourth-order valence-corrected chi connectivity index (χ4v) is 3.87. The molecule has 106 valence electrons. The van der Waals surface area contributed by atoms with E-state index in [1.165, 1.54) is 0 Å². The summed E-state index contributed by atoms with van der Waals surface area (Å²) in [6.07, 6.45) is -0.310. The Hall–Kier alpha value is -0.110. The minimum absolute atomic E-state index is 0.140. The van der Waals surface area contributed by atoms with Gasteiger partial charge in [0.2, 0.25) is 0 Å². The van der Waals surface area contributed by atoms with Crippen LogP contribution >= 0.6 is 18.1 Å². The second kappa shape index (κ2) is 6.88. The van der Waals surface area contributed by atoms with Crippen LogP contribution in [-0.2, 0) is 4.57 Å². The van der Waals surface area contributed by atoms with Crippen molar-refractivity contribution in [2.24, 2.45) is 0 Å². The number of rotatable bonds is 7. The molecule has 0 radical (unpaired) electrons. The van der Waals surface area contributed by atoms with Crippen molar-refractivity contribution < 1.29 is 13.9 Å². The fraction of sp³-hybridized carbons (Fsp3) is 0.909. The lowest BCUT2D eigenvalue weighted by molar-refractivity contribution is -0.988. The van der Waals surface area contributed by atoms with E-state index < -0.39 is 13.0 Å². The van der Waals surface area contributed by atoms with Crippen LogP contribution in [-0.4, -0.2) is 34.2 Å². The third-order valence-electron chi connectivity index (χ3n) is 3.64. The first kappa shape index (κ1) is 17.9. The van der Waals surface area contributed by atoms with Crippen LogP contribution in [0.15, 0.2) is 0 Å². The third-order valence-corrected chi connectivity index (χ3v) is 4.55. The molecule has 2 unspecified atom stereocenters. The van der Waals surface area contributed by atoms with Crippen molar-refractivity contribution in [2.75, 3.05) is 6.54 Å². The second-order valence-electron chi connectivity index (χ2n) is 5.01. The van der Waals surface area contributed by atoms with Gasteiger partial charge >= 0.3 is 6.87 Å². The van der Waals surface area contributed by atoms with E-state index in [4.69, 9.17) is 16.5 Å². The molecule has 0 aromatic heterocycles. The minimum atomic E-state index is -3.89. The number of hydrogen-bond acceptors (Lipinski definition) is 2. The molecule has 18 heavy (non-hydrogen) atoms. The molecular weight excluding hydrogens is 273 g/mol. The molecule has 2 N–H and O–H groups in total. The molecule has 0 aromatic rings. The Kier molecular flexibility index (Phi) is 6.84. The molecule has 0 aliphatic rings. The first-order chi connectivity index (χ1) is 8.11. The van der Waals surface area contributed by atoms with Gasteiger partial charge < -0.3 is 9.38 Å². The summed E-state index contributed by atoms with van der Waals surface area (Å²) < 4.78 is 11.9. The van der Waals surface area contributed by atoms with Crippen LogP contribution in [0.1, 0.15) is 41.0 Å². The van der Waals surface area contributed by atoms with Crippen molar-refractivity contribution in [3.05, 3.63) is 0 Å². The molecule has 0 saturated carbocycles. The van der Waals surface area contributed by atoms with Gasteiger partial charge in [-0.2, -0.15) is 10.3 Å². The molecule has 2 atom stereocenters. The summed E-state index contributed by atoms with van der Waals surface area (Å²) in [6.45, 7) is 7.08. The van der Waals surface area contributed by atoms with E-state index in [-0.39, 0.29) is 18.5 Å². The SMILES string of the molecule is CC[N+](C(C)C)(C(C)C)C(CC#N)NP(=O)(O)Cl. The first-order valence-corrected chi connectivity index (χ1v) is 8.72. The van der Waals surface area contributed by atoms with E-state index in [0.29, 0.717) is 4.48 Å². The highest BCUT2D eigenvalue weighted by molar-refractivity contribution is 7.82. The summed E-state index contributed by atoms with van der Waals surface area (Å²) >= 11 is 5.42. The largest absolute Gasteiger partial charge is 0.362 e. The molecule has 0 aromatic carbocycles. The van der Waals surface area contributed by atoms with Gasteiger partial charge in [-0.3, -0.25) is 4.57 Å². The fourth-order valence-electron chi connectivity index (χ4n) is 2.86. The summed E-state index contributed by atoms with van der Waals surface area (Å²) in [5.41, 5.74) is 0. The highest BCUT2D eigenvalue weighted by Crippen LogP contribution is 2.44. The average Bonchev–Trinajstić information content (AvgIpc) is 2.15. The Labute approximate surface area is 115 Å². The Morgan fingerprint density at radius 3 is 2.06 bits per heavy atom. The van der Waals surface area contributed by atoms with Gasteiger partial charge in [-0.25, -0.2) is 0 Å². The second-order valence-corrected chi connectivity index (χ2v) is 7.64. The molecule has 0 saturated heterocycles. The maximum Gasteiger partial charge on any atom is 0.362 e. The van der Waals surface area contributed by atoms with E-state index in [2.05, 4.69) is 11.2 Å². The van der Waals surface area contributed by atoms with E-state index in [1.807, 2.05) is 34.6 Å². The number of nitriles is 1. The Morgan fingerprint density at radius 2 is 1.83 bits per heavy atom. The van der Waals surface area contributed by atoms with Crippen molar-refractivity contribution >= 4 is 18.1 Å². The number of halogens is 1. The van der Waals surface area contributed by atoms with E-state index in [9.17, 15) is 9.46 Å². The van der Waals surface area contributed by atoms with Crippen LogP contribution < -0.4 is 5.09 Å². The number of hydrogen-bond donors (Lipinski definition) is 2. The molecule has 0 bridgehead atoms. The lowest BCUT2D eigenvalue weighted by atomic mass is 10.1. The predicted molar refractivity (Wildman–Crippen MR) is 73.9 cm³/mol. The van der Waals surface area contributed by atoms with E-state index in [0.717, 1.165) is 6.54 Å². The van der Waals surface area contributed by atoms with Crippen molar-refractivity contribution in [3.8, 4) is 6.07 Å². The molecule has 0 heterocycles. The third kappa shape index (κ3) is 4.22. The van der Waals surface area contributed by atoms with Crippen LogP contribution in [0.25, 0.3) is 0 Å². The summed E-state index contributed by atoms with van der Waals surface area (Å²) in [6, 6.07) is 2.49. The first-order valence-electron chi connectivity index (χ1n) is 6.16. The molecule has 7 heteroatoms. The molecule has 0 fully saturated rings. The van der Waals surface area contributed by atoms with Crippen LogP contribution in [0.2, 0.25) is 0 Å². The summed E-state index contributed by atoms with van der Waals surface area (Å²) in [7, 11) is 0. The normalized spacial score (nSPS) is 17.6. The molecule has 0 aliphatic carbocycles. The molecule has 0 rings (SSSR count). The van der Waals surface area contributed by atoms with Crippen molar-refractivity contribution in [2.45, 2.75) is 59.3 Å². The molecule has 5 nitrogen and oxygen atoms in total. The smallest absolute Gasteiger partial charge is 0.322 e. The zero-order valence-corrected chi connectivity index (χ0v) is 13.4. The molecular formula is C11H24ClN3O2P+. The maximum absolute atomic E-state index is 11.4. The van der Waals surface area contributed by atoms with E-state index in [1.54, 1.807) is 0 Å². The number of nitrogens with one attached hydrogen (secondary N) is 1. The number of quaternary nitrogens is 1. The van der Waals surface area contributed by atoms with Gasteiger partial charge in [0, 0.05) is 0 Å². The maximum atomic E-state index is 11.4. The van der Waals surface area contributed by atoms with Crippen LogP contribution in [0.5, 0.6) is 0 Å². The Balaban J connectivity index is 5.49. The molecule has 0 amide bonds. The van der Waals surface area contributed by atoms with Crippen molar-refractivity contribution in [1.82, 2.24) is 5.09 Å². The topological polar surface area (TPSA) is 73.1 Å². The van der Waals surface area contributed by atoms with Gasteiger partial charge in [-0.1, -0.05) is 0 Å². The van der Waals surface area contributed by atoms with Gasteiger partial charge in [0.1, 0.15) is 6.42 Å². The highest BCUT2D eigenvalue weighted by Gasteiger charge is 2.43. The lowest BCUT2D eigenvalue weighted by Crippen LogP contribution is -2.66. The van der Waals surface area contributed by atoms with Gasteiger partial charge in [-0.05, 0) is 45.9 Å². The molecule has 0 spiro atoms. The van der Waals surface area contributed by atoms with Crippen LogP contribution in [0.3, 0.4) is 0 Å². The van der Waals surface area contributed by atoms with Gasteiger partial charge in [-0.15, -0.1) is 0 Å². The number of nitrogens with zero attached hydrogens (tertiary/aromatic N) is 2. The standard InChI is InChI=1S/C11H23ClN3O2P/c1-6-15(9(2)3,10(4)5)11(7-8-13)14-18(12,16)17/h9-11H,6-7H2,1-5H3,(H-,14,16,17)/p+1. The zero-order chi connectivity index (χ0) is 14.6. The Morgan fingerprint density at radius 1 is 1.39 bits per heavy atom. The summed E-state index contributed by atoms with van der Waals surface area (Å²) in [4.78, 5) is 9.33. The van der Waals surface area contributed by atoms with Crippen molar-refractivity contribution in [3.63, 3.8) is 0 Å². The lowest BCUT2D eigenvalue weighted by Gasteiger charge is -2.50. The van der Waals surface area contributed by atoms with Gasteiger partial charge in [0.05, 0.1) is 24.7 Å². The summed E-state index contributed by atoms with van der Waals surface area (Å²) in [5.74, 6) is 0. The minimum Gasteiger partial charge on any atom is -0.322 e.